The van der Waals surface area contributed by atoms with E-state index in [1.54, 1.807) is 12.1 Å². The molecule has 0 aliphatic carbocycles. The van der Waals surface area contributed by atoms with Crippen molar-refractivity contribution < 1.29 is 4.79 Å². The Morgan fingerprint density at radius 1 is 1.13 bits per heavy atom. The standard InChI is InChI=1S/C18H20ClN3O/c19-17-8-7-15(12-20-17)18(23)21-11-14-5-1-2-6-16(14)13-22-9-3-4-10-22/h1-2,5-8,12H,3-4,9-11,13H2,(H,21,23). The Morgan fingerprint density at radius 2 is 1.87 bits per heavy atom. The van der Waals surface area contributed by atoms with Gasteiger partial charge < -0.3 is 5.32 Å². The summed E-state index contributed by atoms with van der Waals surface area (Å²) in [4.78, 5) is 18.6. The first kappa shape index (κ1) is 16.0. The first-order valence-electron chi connectivity index (χ1n) is 7.91. The zero-order valence-corrected chi connectivity index (χ0v) is 13.7. The van der Waals surface area contributed by atoms with Gasteiger partial charge in [-0.25, -0.2) is 4.98 Å². The summed E-state index contributed by atoms with van der Waals surface area (Å²) in [6.45, 7) is 3.80. The highest BCUT2D eigenvalue weighted by molar-refractivity contribution is 6.29. The summed E-state index contributed by atoms with van der Waals surface area (Å²) in [7, 11) is 0. The molecular formula is C18H20ClN3O. The number of hydrogen-bond acceptors (Lipinski definition) is 3. The SMILES string of the molecule is O=C(NCc1ccccc1CN1CCCC1)c1ccc(Cl)nc1. The minimum absolute atomic E-state index is 0.134. The Balaban J connectivity index is 1.63. The summed E-state index contributed by atoms with van der Waals surface area (Å²) in [6.07, 6.45) is 4.05. The summed E-state index contributed by atoms with van der Waals surface area (Å²) in [6, 6.07) is 11.6. The molecule has 0 spiro atoms. The molecule has 23 heavy (non-hydrogen) atoms. The van der Waals surface area contributed by atoms with Gasteiger partial charge in [-0.15, -0.1) is 0 Å². The number of nitrogens with zero attached hydrogens (tertiary/aromatic N) is 2. The topological polar surface area (TPSA) is 45.2 Å². The van der Waals surface area contributed by atoms with Gasteiger partial charge in [-0.2, -0.15) is 0 Å². The van der Waals surface area contributed by atoms with Crippen molar-refractivity contribution in [1.82, 2.24) is 15.2 Å². The molecule has 120 valence electrons. The lowest BCUT2D eigenvalue weighted by Crippen LogP contribution is -2.25. The fourth-order valence-electron chi connectivity index (χ4n) is 2.85. The molecule has 0 atom stereocenters. The van der Waals surface area contributed by atoms with Crippen molar-refractivity contribution in [1.29, 1.82) is 0 Å². The maximum atomic E-state index is 12.2. The van der Waals surface area contributed by atoms with Crippen LogP contribution >= 0.6 is 11.6 Å². The molecule has 1 aromatic carbocycles. The van der Waals surface area contributed by atoms with E-state index in [0.717, 1.165) is 25.2 Å². The normalized spacial score (nSPS) is 14.8. The molecule has 4 nitrogen and oxygen atoms in total. The number of carbonyl (C=O) groups is 1. The fourth-order valence-corrected chi connectivity index (χ4v) is 2.97. The van der Waals surface area contributed by atoms with Crippen LogP contribution < -0.4 is 5.32 Å². The quantitative estimate of drug-likeness (QED) is 0.856. The first-order valence-corrected chi connectivity index (χ1v) is 8.29. The third-order valence-electron chi connectivity index (χ3n) is 4.14. The molecule has 2 aromatic rings. The van der Waals surface area contributed by atoms with E-state index in [1.165, 1.54) is 24.6 Å². The molecule has 2 heterocycles. The van der Waals surface area contributed by atoms with Crippen LogP contribution in [0.2, 0.25) is 5.15 Å². The van der Waals surface area contributed by atoms with Gasteiger partial charge in [0.1, 0.15) is 5.15 Å². The fraction of sp³-hybridized carbons (Fsp3) is 0.333. The Labute approximate surface area is 141 Å². The predicted molar refractivity (Wildman–Crippen MR) is 91.4 cm³/mol. The van der Waals surface area contributed by atoms with Gasteiger partial charge in [-0.1, -0.05) is 35.9 Å². The number of nitrogens with one attached hydrogen (secondary N) is 1. The average molecular weight is 330 g/mol. The molecule has 3 rings (SSSR count). The van der Waals surface area contributed by atoms with Crippen LogP contribution in [0, 0.1) is 0 Å². The molecule has 0 radical (unpaired) electrons. The van der Waals surface area contributed by atoms with Gasteiger partial charge in [0.25, 0.3) is 5.91 Å². The number of amides is 1. The zero-order chi connectivity index (χ0) is 16.1. The predicted octanol–water partition coefficient (Wildman–Crippen LogP) is 3.26. The number of pyridine rings is 1. The van der Waals surface area contributed by atoms with Crippen LogP contribution in [0.4, 0.5) is 0 Å². The minimum Gasteiger partial charge on any atom is -0.348 e. The number of benzene rings is 1. The van der Waals surface area contributed by atoms with E-state index in [1.807, 2.05) is 6.07 Å². The molecule has 5 heteroatoms. The van der Waals surface area contributed by atoms with Gasteiger partial charge in [-0.05, 0) is 49.2 Å². The molecule has 0 saturated carbocycles. The van der Waals surface area contributed by atoms with Gasteiger partial charge >= 0.3 is 0 Å². The molecule has 0 unspecified atom stereocenters. The van der Waals surface area contributed by atoms with Crippen molar-refractivity contribution in [2.75, 3.05) is 13.1 Å². The summed E-state index contributed by atoms with van der Waals surface area (Å²) < 4.78 is 0. The van der Waals surface area contributed by atoms with Crippen LogP contribution in [0.25, 0.3) is 0 Å². The van der Waals surface area contributed by atoms with Gasteiger partial charge in [0.15, 0.2) is 0 Å². The first-order chi connectivity index (χ1) is 11.2. The summed E-state index contributed by atoms with van der Waals surface area (Å²) in [5.74, 6) is -0.134. The molecule has 1 aliphatic rings. The number of hydrogen-bond donors (Lipinski definition) is 1. The van der Waals surface area contributed by atoms with Crippen LogP contribution in [-0.2, 0) is 13.1 Å². The maximum absolute atomic E-state index is 12.2. The second-order valence-corrected chi connectivity index (χ2v) is 6.19. The monoisotopic (exact) mass is 329 g/mol. The lowest BCUT2D eigenvalue weighted by molar-refractivity contribution is 0.0950. The largest absolute Gasteiger partial charge is 0.348 e. The van der Waals surface area contributed by atoms with Crippen molar-refractivity contribution in [3.63, 3.8) is 0 Å². The lowest BCUT2D eigenvalue weighted by atomic mass is 10.1. The Hall–Kier alpha value is -1.91. The molecule has 0 bridgehead atoms. The van der Waals surface area contributed by atoms with E-state index in [-0.39, 0.29) is 5.91 Å². The third-order valence-corrected chi connectivity index (χ3v) is 4.36. The summed E-state index contributed by atoms with van der Waals surface area (Å²) in [5, 5.41) is 3.35. The smallest absolute Gasteiger partial charge is 0.253 e. The summed E-state index contributed by atoms with van der Waals surface area (Å²) in [5.41, 5.74) is 2.96. The van der Waals surface area contributed by atoms with E-state index in [2.05, 4.69) is 33.4 Å². The Kier molecular flexibility index (Phi) is 5.26. The highest BCUT2D eigenvalue weighted by Gasteiger charge is 2.14. The molecule has 1 aromatic heterocycles. The summed E-state index contributed by atoms with van der Waals surface area (Å²) >= 11 is 5.74. The van der Waals surface area contributed by atoms with Crippen molar-refractivity contribution in [2.24, 2.45) is 0 Å². The molecule has 1 saturated heterocycles. The van der Waals surface area contributed by atoms with E-state index in [9.17, 15) is 4.79 Å². The highest BCUT2D eigenvalue weighted by Crippen LogP contribution is 2.16. The van der Waals surface area contributed by atoms with Crippen LogP contribution in [0.5, 0.6) is 0 Å². The van der Waals surface area contributed by atoms with E-state index < -0.39 is 0 Å². The van der Waals surface area contributed by atoms with E-state index in [0.29, 0.717) is 17.3 Å². The number of carbonyl (C=O) groups excluding carboxylic acids is 1. The highest BCUT2D eigenvalue weighted by atomic mass is 35.5. The van der Waals surface area contributed by atoms with Crippen molar-refractivity contribution >= 4 is 17.5 Å². The molecule has 1 fully saturated rings. The van der Waals surface area contributed by atoms with E-state index >= 15 is 0 Å². The lowest BCUT2D eigenvalue weighted by Gasteiger charge is -2.17. The molecule has 1 N–H and O–H groups in total. The van der Waals surface area contributed by atoms with Crippen LogP contribution in [0.3, 0.4) is 0 Å². The average Bonchev–Trinajstić information content (AvgIpc) is 3.07. The minimum atomic E-state index is -0.134. The van der Waals surface area contributed by atoms with Crippen molar-refractivity contribution in [3.8, 4) is 0 Å². The van der Waals surface area contributed by atoms with E-state index in [4.69, 9.17) is 11.6 Å². The Morgan fingerprint density at radius 3 is 2.57 bits per heavy atom. The van der Waals surface area contributed by atoms with Gasteiger partial charge in [0.2, 0.25) is 0 Å². The number of rotatable bonds is 5. The van der Waals surface area contributed by atoms with Gasteiger partial charge in [-0.3, -0.25) is 9.69 Å². The zero-order valence-electron chi connectivity index (χ0n) is 13.0. The molecule has 1 aliphatic heterocycles. The molecular weight excluding hydrogens is 310 g/mol. The van der Waals surface area contributed by atoms with Crippen LogP contribution in [0.1, 0.15) is 34.3 Å². The van der Waals surface area contributed by atoms with Crippen LogP contribution in [0.15, 0.2) is 42.6 Å². The number of aromatic nitrogens is 1. The van der Waals surface area contributed by atoms with Crippen molar-refractivity contribution in [2.45, 2.75) is 25.9 Å². The second-order valence-electron chi connectivity index (χ2n) is 5.80. The maximum Gasteiger partial charge on any atom is 0.253 e. The van der Waals surface area contributed by atoms with Gasteiger partial charge in [0, 0.05) is 19.3 Å². The Bertz CT molecular complexity index is 666. The number of likely N-dealkylation sites (tertiary alicyclic amines) is 1. The second kappa shape index (κ2) is 7.57. The third kappa shape index (κ3) is 4.30. The van der Waals surface area contributed by atoms with Crippen molar-refractivity contribution in [3.05, 3.63) is 64.4 Å². The number of halogens is 1. The van der Waals surface area contributed by atoms with Crippen LogP contribution in [-0.4, -0.2) is 28.9 Å². The van der Waals surface area contributed by atoms with Gasteiger partial charge in [0.05, 0.1) is 5.56 Å². The molecule has 1 amide bonds.